The number of urea groups is 1. The third-order valence-electron chi connectivity index (χ3n) is 2.48. The second-order valence-corrected chi connectivity index (χ2v) is 4.08. The lowest BCUT2D eigenvalue weighted by molar-refractivity contribution is -0.122. The molecule has 1 aromatic heterocycles. The van der Waals surface area contributed by atoms with Gasteiger partial charge in [-0.1, -0.05) is 6.08 Å². The molecule has 22 heavy (non-hydrogen) atoms. The predicted molar refractivity (Wildman–Crippen MR) is 76.4 cm³/mol. The van der Waals surface area contributed by atoms with Crippen molar-refractivity contribution in [2.45, 2.75) is 0 Å². The van der Waals surface area contributed by atoms with Crippen molar-refractivity contribution in [3.05, 3.63) is 43.2 Å². The van der Waals surface area contributed by atoms with Crippen molar-refractivity contribution < 1.29 is 14.3 Å². The number of benzene rings is 1. The summed E-state index contributed by atoms with van der Waals surface area (Å²) in [6, 6.07) is 6.22. The Morgan fingerprint density at radius 3 is 2.73 bits per heavy atom. The highest BCUT2D eigenvalue weighted by atomic mass is 16.5. The molecule has 0 atom stereocenters. The normalized spacial score (nSPS) is 9.82. The molecule has 9 heteroatoms. The van der Waals surface area contributed by atoms with Crippen LogP contribution in [0.3, 0.4) is 0 Å². The van der Waals surface area contributed by atoms with Gasteiger partial charge >= 0.3 is 6.03 Å². The number of carbonyl (C=O) groups excluding carboxylic acids is 2. The number of hydrogen-bond acceptors (Lipinski definition) is 6. The Bertz CT molecular complexity index is 638. The summed E-state index contributed by atoms with van der Waals surface area (Å²) in [5, 5.41) is 15.4. The molecule has 0 radical (unpaired) electrons. The second-order valence-electron chi connectivity index (χ2n) is 4.08. The first-order chi connectivity index (χ1) is 10.7. The first kappa shape index (κ1) is 15.2. The second kappa shape index (κ2) is 7.53. The van der Waals surface area contributed by atoms with Crippen LogP contribution in [0, 0.1) is 0 Å². The van der Waals surface area contributed by atoms with Crippen molar-refractivity contribution in [2.24, 2.45) is 0 Å². The van der Waals surface area contributed by atoms with Crippen LogP contribution in [0.4, 0.5) is 4.79 Å². The molecule has 3 amide bonds. The van der Waals surface area contributed by atoms with E-state index in [2.05, 4.69) is 32.7 Å². The number of imide groups is 1. The Balaban J connectivity index is 1.80. The van der Waals surface area contributed by atoms with Gasteiger partial charge in [0.05, 0.1) is 5.69 Å². The molecule has 9 nitrogen and oxygen atoms in total. The number of carbonyl (C=O) groups is 2. The zero-order valence-electron chi connectivity index (χ0n) is 11.6. The summed E-state index contributed by atoms with van der Waals surface area (Å²) in [5.74, 6) is -0.0652. The van der Waals surface area contributed by atoms with Gasteiger partial charge in [0.25, 0.3) is 5.91 Å². The minimum atomic E-state index is -0.595. The van der Waals surface area contributed by atoms with Gasteiger partial charge in [-0.25, -0.2) is 9.48 Å². The molecular formula is C13H14N6O3. The number of rotatable bonds is 6. The van der Waals surface area contributed by atoms with Crippen molar-refractivity contribution in [3.63, 3.8) is 0 Å². The molecule has 114 valence electrons. The molecule has 0 spiro atoms. The van der Waals surface area contributed by atoms with Crippen molar-refractivity contribution in [1.82, 2.24) is 30.8 Å². The highest BCUT2D eigenvalue weighted by Gasteiger charge is 2.07. The Labute approximate surface area is 126 Å². The first-order valence-corrected chi connectivity index (χ1v) is 6.34. The molecule has 0 aliphatic heterocycles. The summed E-state index contributed by atoms with van der Waals surface area (Å²) in [6.45, 7) is 3.45. The molecule has 0 saturated heterocycles. The molecule has 2 aromatic rings. The summed E-state index contributed by atoms with van der Waals surface area (Å²) in [7, 11) is 0. The summed E-state index contributed by atoms with van der Waals surface area (Å²) < 4.78 is 6.76. The van der Waals surface area contributed by atoms with Crippen LogP contribution < -0.4 is 15.4 Å². The fourth-order valence-electron chi connectivity index (χ4n) is 1.50. The lowest BCUT2D eigenvalue weighted by atomic mass is 10.3. The van der Waals surface area contributed by atoms with E-state index in [0.29, 0.717) is 5.75 Å². The van der Waals surface area contributed by atoms with E-state index in [4.69, 9.17) is 4.74 Å². The van der Waals surface area contributed by atoms with E-state index < -0.39 is 11.9 Å². The largest absolute Gasteiger partial charge is 0.484 e. The average molecular weight is 302 g/mol. The van der Waals surface area contributed by atoms with E-state index >= 15 is 0 Å². The molecule has 0 saturated carbocycles. The minimum absolute atomic E-state index is 0.272. The number of ether oxygens (including phenoxy) is 1. The van der Waals surface area contributed by atoms with Crippen LogP contribution in [0.2, 0.25) is 0 Å². The van der Waals surface area contributed by atoms with E-state index in [-0.39, 0.29) is 13.2 Å². The quantitative estimate of drug-likeness (QED) is 0.730. The summed E-state index contributed by atoms with van der Waals surface area (Å²) >= 11 is 0. The Hall–Kier alpha value is -3.23. The van der Waals surface area contributed by atoms with Crippen LogP contribution in [0.25, 0.3) is 5.69 Å². The molecule has 0 fully saturated rings. The lowest BCUT2D eigenvalue weighted by Gasteiger charge is -2.07. The maximum Gasteiger partial charge on any atom is 0.321 e. The highest BCUT2D eigenvalue weighted by Crippen LogP contribution is 2.13. The summed E-state index contributed by atoms with van der Waals surface area (Å²) in [6.07, 6.45) is 2.97. The van der Waals surface area contributed by atoms with Crippen molar-refractivity contribution in [2.75, 3.05) is 13.2 Å². The monoisotopic (exact) mass is 302 g/mol. The molecule has 0 aliphatic carbocycles. The van der Waals surface area contributed by atoms with Gasteiger partial charge in [-0.15, -0.1) is 11.7 Å². The van der Waals surface area contributed by atoms with Crippen molar-refractivity contribution in [1.29, 1.82) is 0 Å². The zero-order valence-corrected chi connectivity index (χ0v) is 11.6. The molecule has 0 bridgehead atoms. The van der Waals surface area contributed by atoms with E-state index in [0.717, 1.165) is 5.69 Å². The van der Waals surface area contributed by atoms with Gasteiger partial charge in [0.1, 0.15) is 12.1 Å². The minimum Gasteiger partial charge on any atom is -0.484 e. The lowest BCUT2D eigenvalue weighted by Crippen LogP contribution is -2.41. The number of amides is 3. The van der Waals surface area contributed by atoms with Gasteiger partial charge in [0, 0.05) is 6.54 Å². The van der Waals surface area contributed by atoms with Gasteiger partial charge in [-0.3, -0.25) is 10.1 Å². The maximum absolute atomic E-state index is 11.5. The van der Waals surface area contributed by atoms with Crippen LogP contribution >= 0.6 is 0 Å². The molecule has 0 aliphatic rings. The molecule has 2 N–H and O–H groups in total. The Morgan fingerprint density at radius 2 is 2.09 bits per heavy atom. The summed E-state index contributed by atoms with van der Waals surface area (Å²) in [5.41, 5.74) is 0.755. The fraction of sp³-hybridized carbons (Fsp3) is 0.154. The summed E-state index contributed by atoms with van der Waals surface area (Å²) in [4.78, 5) is 22.7. The van der Waals surface area contributed by atoms with Gasteiger partial charge in [0.15, 0.2) is 6.61 Å². The molecular weight excluding hydrogens is 288 g/mol. The van der Waals surface area contributed by atoms with Gasteiger partial charge < -0.3 is 10.1 Å². The Kier molecular flexibility index (Phi) is 5.19. The SMILES string of the molecule is C=CCNC(=O)NC(=O)COc1ccc(-n2cnnn2)cc1. The smallest absolute Gasteiger partial charge is 0.321 e. The van der Waals surface area contributed by atoms with Gasteiger partial charge in [-0.05, 0) is 34.7 Å². The molecule has 1 aromatic carbocycles. The van der Waals surface area contributed by atoms with Crippen molar-refractivity contribution in [3.8, 4) is 11.4 Å². The number of nitrogens with one attached hydrogen (secondary N) is 2. The fourth-order valence-corrected chi connectivity index (χ4v) is 1.50. The van der Waals surface area contributed by atoms with Crippen LogP contribution in [0.15, 0.2) is 43.2 Å². The predicted octanol–water partition coefficient (Wildman–Crippen LogP) is 0.0529. The maximum atomic E-state index is 11.5. The third-order valence-corrected chi connectivity index (χ3v) is 2.48. The average Bonchev–Trinajstić information content (AvgIpc) is 3.06. The third kappa shape index (κ3) is 4.40. The van der Waals surface area contributed by atoms with E-state index in [1.54, 1.807) is 24.3 Å². The van der Waals surface area contributed by atoms with Crippen LogP contribution in [-0.2, 0) is 4.79 Å². The van der Waals surface area contributed by atoms with Gasteiger partial charge in [0.2, 0.25) is 0 Å². The van der Waals surface area contributed by atoms with Gasteiger partial charge in [-0.2, -0.15) is 0 Å². The van der Waals surface area contributed by atoms with E-state index in [1.165, 1.54) is 17.1 Å². The van der Waals surface area contributed by atoms with Crippen molar-refractivity contribution >= 4 is 11.9 Å². The molecule has 0 unspecified atom stereocenters. The van der Waals surface area contributed by atoms with Crippen LogP contribution in [-0.4, -0.2) is 45.3 Å². The molecule has 2 rings (SSSR count). The number of nitrogens with zero attached hydrogens (tertiary/aromatic N) is 4. The first-order valence-electron chi connectivity index (χ1n) is 6.34. The Morgan fingerprint density at radius 1 is 1.32 bits per heavy atom. The number of hydrogen-bond donors (Lipinski definition) is 2. The topological polar surface area (TPSA) is 111 Å². The highest BCUT2D eigenvalue weighted by molar-refractivity contribution is 5.95. The van der Waals surface area contributed by atoms with E-state index in [1.807, 2.05) is 0 Å². The zero-order chi connectivity index (χ0) is 15.8. The van der Waals surface area contributed by atoms with Crippen LogP contribution in [0.5, 0.6) is 5.75 Å². The molecule has 1 heterocycles. The number of tetrazole rings is 1. The van der Waals surface area contributed by atoms with Crippen LogP contribution in [0.1, 0.15) is 0 Å². The number of aromatic nitrogens is 4. The van der Waals surface area contributed by atoms with E-state index in [9.17, 15) is 9.59 Å². The standard InChI is InChI=1S/C13H14N6O3/c1-2-7-14-13(21)16-12(20)8-22-11-5-3-10(4-6-11)19-9-15-17-18-19/h2-6,9H,1,7-8H2,(H2,14,16,20,21).